The van der Waals surface area contributed by atoms with Gasteiger partial charge in [-0.05, 0) is 30.5 Å². The van der Waals surface area contributed by atoms with Crippen molar-refractivity contribution in [2.45, 2.75) is 19.8 Å². The molecule has 3 heteroatoms. The van der Waals surface area contributed by atoms with Gasteiger partial charge in [0.25, 0.3) is 0 Å². The van der Waals surface area contributed by atoms with Crippen molar-refractivity contribution in [3.63, 3.8) is 0 Å². The lowest BCUT2D eigenvalue weighted by Gasteiger charge is -2.19. The molecule has 2 aliphatic rings. The van der Waals surface area contributed by atoms with Crippen molar-refractivity contribution in [1.82, 2.24) is 5.32 Å². The molecular weight excluding hydrogens is 188 g/mol. The van der Waals surface area contributed by atoms with Gasteiger partial charge in [0.05, 0.1) is 5.69 Å². The van der Waals surface area contributed by atoms with Crippen molar-refractivity contribution in [1.29, 1.82) is 0 Å². The van der Waals surface area contributed by atoms with Crippen molar-refractivity contribution in [2.75, 3.05) is 0 Å². The maximum Gasteiger partial charge on any atom is 0.226 e. The molecule has 1 N–H and O–H groups in total. The van der Waals surface area contributed by atoms with Gasteiger partial charge in [0.1, 0.15) is 5.84 Å². The SMILES string of the molecule is Cc1cccc2c1CC1CC(=O)NC1=N2. The Bertz CT molecular complexity index is 477. The predicted octanol–water partition coefficient (Wildman–Crippen LogP) is 1.72. The maximum absolute atomic E-state index is 11.3. The van der Waals surface area contributed by atoms with Crippen molar-refractivity contribution in [3.8, 4) is 0 Å². The quantitative estimate of drug-likeness (QED) is 0.680. The highest BCUT2D eigenvalue weighted by Gasteiger charge is 2.32. The topological polar surface area (TPSA) is 41.5 Å². The molecule has 0 saturated carbocycles. The smallest absolute Gasteiger partial charge is 0.226 e. The first-order chi connectivity index (χ1) is 7.24. The molecule has 3 nitrogen and oxygen atoms in total. The Kier molecular flexibility index (Phi) is 1.69. The van der Waals surface area contributed by atoms with Crippen molar-refractivity contribution < 1.29 is 4.79 Å². The minimum absolute atomic E-state index is 0.101. The van der Waals surface area contributed by atoms with Gasteiger partial charge in [0.2, 0.25) is 5.91 Å². The van der Waals surface area contributed by atoms with E-state index in [1.807, 2.05) is 12.1 Å². The van der Waals surface area contributed by atoms with Gasteiger partial charge in [0.15, 0.2) is 0 Å². The fourth-order valence-corrected chi connectivity index (χ4v) is 2.34. The van der Waals surface area contributed by atoms with Crippen LogP contribution in [0.4, 0.5) is 5.69 Å². The van der Waals surface area contributed by atoms with Gasteiger partial charge < -0.3 is 5.32 Å². The van der Waals surface area contributed by atoms with Gasteiger partial charge in [0, 0.05) is 12.3 Å². The van der Waals surface area contributed by atoms with Crippen LogP contribution in [0.15, 0.2) is 23.2 Å². The Balaban J connectivity index is 2.10. The summed E-state index contributed by atoms with van der Waals surface area (Å²) in [4.78, 5) is 15.8. The van der Waals surface area contributed by atoms with Crippen LogP contribution in [-0.2, 0) is 11.2 Å². The van der Waals surface area contributed by atoms with Crippen molar-refractivity contribution in [3.05, 3.63) is 29.3 Å². The molecule has 0 radical (unpaired) electrons. The van der Waals surface area contributed by atoms with E-state index in [1.165, 1.54) is 11.1 Å². The largest absolute Gasteiger partial charge is 0.314 e. The first-order valence-electron chi connectivity index (χ1n) is 5.21. The Labute approximate surface area is 88.2 Å². The number of nitrogens with zero attached hydrogens (tertiary/aromatic N) is 1. The normalized spacial score (nSPS) is 22.9. The zero-order valence-electron chi connectivity index (χ0n) is 8.58. The summed E-state index contributed by atoms with van der Waals surface area (Å²) in [7, 11) is 0. The molecule has 1 aromatic carbocycles. The van der Waals surface area contributed by atoms with Crippen LogP contribution in [0.2, 0.25) is 0 Å². The molecule has 0 spiro atoms. The van der Waals surface area contributed by atoms with Crippen LogP contribution in [0.5, 0.6) is 0 Å². The van der Waals surface area contributed by atoms with Crippen LogP contribution in [0.25, 0.3) is 0 Å². The molecule has 2 heterocycles. The van der Waals surface area contributed by atoms with Gasteiger partial charge in [-0.25, -0.2) is 4.99 Å². The number of aryl methyl sites for hydroxylation is 1. The van der Waals surface area contributed by atoms with Gasteiger partial charge in [-0.2, -0.15) is 0 Å². The highest BCUT2D eigenvalue weighted by atomic mass is 16.2. The molecule has 0 aliphatic carbocycles. The van der Waals surface area contributed by atoms with Crippen LogP contribution in [0.3, 0.4) is 0 Å². The monoisotopic (exact) mass is 200 g/mol. The third-order valence-electron chi connectivity index (χ3n) is 3.16. The fourth-order valence-electron chi connectivity index (χ4n) is 2.34. The number of amidine groups is 1. The van der Waals surface area contributed by atoms with E-state index in [0.717, 1.165) is 17.9 Å². The molecule has 1 amide bonds. The number of hydrogen-bond donors (Lipinski definition) is 1. The van der Waals surface area contributed by atoms with Crippen LogP contribution in [0, 0.1) is 12.8 Å². The average molecular weight is 200 g/mol. The minimum Gasteiger partial charge on any atom is -0.314 e. The van der Waals surface area contributed by atoms with E-state index in [4.69, 9.17) is 0 Å². The number of hydrogen-bond acceptors (Lipinski definition) is 2. The van der Waals surface area contributed by atoms with Crippen molar-refractivity contribution in [2.24, 2.45) is 10.9 Å². The number of rotatable bonds is 0. The third kappa shape index (κ3) is 1.27. The number of aliphatic imine (C=N–C) groups is 1. The molecule has 3 rings (SSSR count). The highest BCUT2D eigenvalue weighted by molar-refractivity contribution is 6.08. The van der Waals surface area contributed by atoms with E-state index in [-0.39, 0.29) is 11.8 Å². The first kappa shape index (κ1) is 8.65. The molecule has 0 bridgehead atoms. The standard InChI is InChI=1S/C12H12N2O/c1-7-3-2-4-10-9(7)5-8-6-11(15)14-12(8)13-10/h2-4,8H,5-6H2,1H3,(H,13,14,15). The summed E-state index contributed by atoms with van der Waals surface area (Å²) < 4.78 is 0. The minimum atomic E-state index is 0.101. The van der Waals surface area contributed by atoms with E-state index < -0.39 is 0 Å². The summed E-state index contributed by atoms with van der Waals surface area (Å²) in [5.74, 6) is 1.24. The number of carbonyl (C=O) groups excluding carboxylic acids is 1. The molecule has 2 aliphatic heterocycles. The van der Waals surface area contributed by atoms with Gasteiger partial charge in [-0.1, -0.05) is 12.1 Å². The number of nitrogens with one attached hydrogen (secondary N) is 1. The Morgan fingerprint density at radius 2 is 2.27 bits per heavy atom. The summed E-state index contributed by atoms with van der Waals surface area (Å²) in [6.45, 7) is 2.10. The van der Waals surface area contributed by atoms with Crippen molar-refractivity contribution >= 4 is 17.4 Å². The maximum atomic E-state index is 11.3. The predicted molar refractivity (Wildman–Crippen MR) is 58.2 cm³/mol. The molecule has 15 heavy (non-hydrogen) atoms. The lowest BCUT2D eigenvalue weighted by molar-refractivity contribution is -0.118. The Hall–Kier alpha value is -1.64. The molecule has 0 aromatic heterocycles. The lowest BCUT2D eigenvalue weighted by Crippen LogP contribution is -2.25. The molecule has 1 unspecified atom stereocenters. The summed E-state index contributed by atoms with van der Waals surface area (Å²) in [6, 6.07) is 6.12. The van der Waals surface area contributed by atoms with Crippen LogP contribution in [-0.4, -0.2) is 11.7 Å². The summed E-state index contributed by atoms with van der Waals surface area (Å²) in [5.41, 5.74) is 3.58. The fraction of sp³-hybridized carbons (Fsp3) is 0.333. The molecule has 1 fully saturated rings. The molecule has 76 valence electrons. The lowest BCUT2D eigenvalue weighted by atomic mass is 9.91. The Morgan fingerprint density at radius 1 is 1.40 bits per heavy atom. The van der Waals surface area contributed by atoms with Crippen LogP contribution < -0.4 is 5.32 Å². The van der Waals surface area contributed by atoms with E-state index in [1.54, 1.807) is 0 Å². The number of benzene rings is 1. The summed E-state index contributed by atoms with van der Waals surface area (Å²) in [6.07, 6.45) is 1.53. The Morgan fingerprint density at radius 3 is 3.13 bits per heavy atom. The second-order valence-electron chi connectivity index (χ2n) is 4.22. The average Bonchev–Trinajstić information content (AvgIpc) is 2.55. The number of fused-ring (bicyclic) bond motifs is 2. The number of carbonyl (C=O) groups is 1. The molecular formula is C12H12N2O. The van der Waals surface area contributed by atoms with Gasteiger partial charge in [-0.15, -0.1) is 0 Å². The van der Waals surface area contributed by atoms with E-state index in [2.05, 4.69) is 23.3 Å². The van der Waals surface area contributed by atoms with Gasteiger partial charge in [-0.3, -0.25) is 4.79 Å². The van der Waals surface area contributed by atoms with Gasteiger partial charge >= 0.3 is 0 Å². The second-order valence-corrected chi connectivity index (χ2v) is 4.22. The third-order valence-corrected chi connectivity index (χ3v) is 3.16. The summed E-state index contributed by atoms with van der Waals surface area (Å²) in [5, 5.41) is 2.83. The molecule has 1 saturated heterocycles. The van der Waals surface area contributed by atoms with Crippen LogP contribution in [0.1, 0.15) is 17.5 Å². The highest BCUT2D eigenvalue weighted by Crippen LogP contribution is 2.33. The zero-order valence-corrected chi connectivity index (χ0v) is 8.58. The first-order valence-corrected chi connectivity index (χ1v) is 5.21. The van der Waals surface area contributed by atoms with E-state index in [9.17, 15) is 4.79 Å². The number of amides is 1. The second kappa shape index (κ2) is 2.92. The zero-order chi connectivity index (χ0) is 10.4. The van der Waals surface area contributed by atoms with E-state index >= 15 is 0 Å². The van der Waals surface area contributed by atoms with E-state index in [0.29, 0.717) is 6.42 Å². The van der Waals surface area contributed by atoms with Crippen LogP contribution >= 0.6 is 0 Å². The molecule has 1 atom stereocenters. The summed E-state index contributed by atoms with van der Waals surface area (Å²) >= 11 is 0. The molecule has 1 aromatic rings.